The molecule has 1 atom stereocenters. The fraction of sp³-hybridized carbons (Fsp3) is 0.455. The molecule has 1 aromatic rings. The largest absolute Gasteiger partial charge is 0.496 e. The molecule has 2 N–H and O–H groups in total. The molecule has 0 unspecified atom stereocenters. The summed E-state index contributed by atoms with van der Waals surface area (Å²) in [5.74, 6) is 0.847. The van der Waals surface area contributed by atoms with E-state index in [1.165, 1.54) is 0 Å². The lowest BCUT2D eigenvalue weighted by Gasteiger charge is -2.13. The van der Waals surface area contributed by atoms with Crippen molar-refractivity contribution in [3.63, 3.8) is 0 Å². The molecule has 0 heterocycles. The van der Waals surface area contributed by atoms with Crippen LogP contribution >= 0.6 is 0 Å². The van der Waals surface area contributed by atoms with Gasteiger partial charge < -0.3 is 10.5 Å². The molecule has 0 aliphatic heterocycles. The van der Waals surface area contributed by atoms with Crippen molar-refractivity contribution in [1.82, 2.24) is 0 Å². The van der Waals surface area contributed by atoms with E-state index in [-0.39, 0.29) is 0 Å². The summed E-state index contributed by atoms with van der Waals surface area (Å²) in [5, 5.41) is 0. The smallest absolute Gasteiger partial charge is 0.124 e. The first-order chi connectivity index (χ1) is 6.60. The molecule has 0 saturated carbocycles. The monoisotopic (exact) mass is 197 g/mol. The molecule has 0 radical (unpaired) electrons. The Labute approximate surface area is 83.9 Å². The summed E-state index contributed by atoms with van der Waals surface area (Å²) >= 11 is 0. The zero-order valence-corrected chi connectivity index (χ0v) is 8.80. The highest BCUT2D eigenvalue weighted by Crippen LogP contribution is 2.26. The molecule has 0 saturated heterocycles. The molecular weight excluding hydrogens is 181 g/mol. The number of hydrogen-bond acceptors (Lipinski definition) is 2. The van der Waals surface area contributed by atoms with Crippen molar-refractivity contribution in [3.05, 3.63) is 28.8 Å². The normalized spacial score (nSPS) is 12.6. The number of methoxy groups -OCH3 is 1. The summed E-state index contributed by atoms with van der Waals surface area (Å²) < 4.78 is 17.6. The fourth-order valence-corrected chi connectivity index (χ4v) is 1.61. The summed E-state index contributed by atoms with van der Waals surface area (Å²) in [7, 11) is 1.63. The van der Waals surface area contributed by atoms with Gasteiger partial charge in [0.05, 0.1) is 13.2 Å². The van der Waals surface area contributed by atoms with E-state index in [4.69, 9.17) is 10.5 Å². The van der Waals surface area contributed by atoms with Crippen LogP contribution in [-0.4, -0.2) is 13.8 Å². The Morgan fingerprint density at radius 2 is 1.86 bits per heavy atom. The number of benzene rings is 1. The first-order valence-corrected chi connectivity index (χ1v) is 4.56. The Morgan fingerprint density at radius 3 is 2.21 bits per heavy atom. The van der Waals surface area contributed by atoms with Crippen molar-refractivity contribution in [3.8, 4) is 5.75 Å². The van der Waals surface area contributed by atoms with E-state index in [0.717, 1.165) is 22.4 Å². The average Bonchev–Trinajstić information content (AvgIpc) is 2.16. The van der Waals surface area contributed by atoms with E-state index in [1.807, 2.05) is 26.0 Å². The molecule has 0 fully saturated rings. The van der Waals surface area contributed by atoms with Crippen molar-refractivity contribution in [2.75, 3.05) is 13.8 Å². The molecule has 0 aliphatic carbocycles. The second-order valence-corrected chi connectivity index (χ2v) is 3.45. The van der Waals surface area contributed by atoms with Crippen LogP contribution in [0.5, 0.6) is 5.75 Å². The highest BCUT2D eigenvalue weighted by atomic mass is 19.1. The quantitative estimate of drug-likeness (QED) is 0.806. The molecule has 0 aliphatic rings. The van der Waals surface area contributed by atoms with Crippen LogP contribution in [0.3, 0.4) is 0 Å². The second kappa shape index (κ2) is 4.42. The first kappa shape index (κ1) is 11.0. The summed E-state index contributed by atoms with van der Waals surface area (Å²) in [6.07, 6.45) is 0. The minimum absolute atomic E-state index is 0.529. The van der Waals surface area contributed by atoms with Crippen molar-refractivity contribution in [1.29, 1.82) is 0 Å². The molecule has 14 heavy (non-hydrogen) atoms. The van der Waals surface area contributed by atoms with Gasteiger partial charge in [-0.2, -0.15) is 0 Å². The Hall–Kier alpha value is -1.09. The number of aryl methyl sites for hydroxylation is 2. The van der Waals surface area contributed by atoms with Crippen molar-refractivity contribution in [2.24, 2.45) is 5.73 Å². The van der Waals surface area contributed by atoms with E-state index in [1.54, 1.807) is 7.11 Å². The lowest BCUT2D eigenvalue weighted by molar-refractivity contribution is 0.407. The third-order valence-electron chi connectivity index (χ3n) is 2.28. The molecule has 3 heteroatoms. The van der Waals surface area contributed by atoms with Crippen molar-refractivity contribution < 1.29 is 9.13 Å². The maximum atomic E-state index is 12.4. The third-order valence-corrected chi connectivity index (χ3v) is 2.28. The van der Waals surface area contributed by atoms with Crippen molar-refractivity contribution in [2.45, 2.75) is 19.9 Å². The molecule has 1 aromatic carbocycles. The standard InChI is InChI=1S/C11H16FNO/c1-7-4-9(10(13)6-12)5-8(2)11(7)14-3/h4-5,10H,6,13H2,1-3H3/t10-/m0/s1. The number of rotatable bonds is 3. The molecule has 1 rings (SSSR count). The van der Waals surface area contributed by atoms with Crippen LogP contribution < -0.4 is 10.5 Å². The highest BCUT2D eigenvalue weighted by molar-refractivity contribution is 5.44. The number of hydrogen-bond donors (Lipinski definition) is 1. The average molecular weight is 197 g/mol. The topological polar surface area (TPSA) is 35.2 Å². The summed E-state index contributed by atoms with van der Waals surface area (Å²) in [6.45, 7) is 3.33. The van der Waals surface area contributed by atoms with Gasteiger partial charge >= 0.3 is 0 Å². The Morgan fingerprint density at radius 1 is 1.36 bits per heavy atom. The van der Waals surface area contributed by atoms with Crippen LogP contribution in [0.15, 0.2) is 12.1 Å². The fourth-order valence-electron chi connectivity index (χ4n) is 1.61. The minimum Gasteiger partial charge on any atom is -0.496 e. The zero-order chi connectivity index (χ0) is 10.7. The van der Waals surface area contributed by atoms with E-state index in [0.29, 0.717) is 0 Å². The van der Waals surface area contributed by atoms with Crippen LogP contribution in [0.2, 0.25) is 0 Å². The Bertz CT molecular complexity index is 302. The lowest BCUT2D eigenvalue weighted by Crippen LogP contribution is -2.12. The molecular formula is C11H16FNO. The lowest BCUT2D eigenvalue weighted by atomic mass is 10.0. The van der Waals surface area contributed by atoms with Gasteiger partial charge in [0, 0.05) is 0 Å². The van der Waals surface area contributed by atoms with Gasteiger partial charge in [-0.3, -0.25) is 0 Å². The van der Waals surface area contributed by atoms with Crippen LogP contribution in [0.1, 0.15) is 22.7 Å². The van der Waals surface area contributed by atoms with Crippen LogP contribution in [0.4, 0.5) is 4.39 Å². The van der Waals surface area contributed by atoms with Gasteiger partial charge in [-0.05, 0) is 30.5 Å². The molecule has 78 valence electrons. The van der Waals surface area contributed by atoms with E-state index < -0.39 is 12.7 Å². The van der Waals surface area contributed by atoms with Gasteiger partial charge in [-0.25, -0.2) is 4.39 Å². The van der Waals surface area contributed by atoms with E-state index in [2.05, 4.69) is 0 Å². The number of ether oxygens (including phenoxy) is 1. The Kier molecular flexibility index (Phi) is 3.47. The highest BCUT2D eigenvalue weighted by Gasteiger charge is 2.10. The predicted molar refractivity (Wildman–Crippen MR) is 55.4 cm³/mol. The third kappa shape index (κ3) is 2.04. The molecule has 0 bridgehead atoms. The van der Waals surface area contributed by atoms with Crippen LogP contribution in [-0.2, 0) is 0 Å². The van der Waals surface area contributed by atoms with E-state index in [9.17, 15) is 4.39 Å². The van der Waals surface area contributed by atoms with Gasteiger partial charge in [0.25, 0.3) is 0 Å². The zero-order valence-electron chi connectivity index (χ0n) is 8.80. The Balaban J connectivity index is 3.13. The molecule has 0 aromatic heterocycles. The van der Waals surface area contributed by atoms with Gasteiger partial charge in [0.1, 0.15) is 12.4 Å². The molecule has 2 nitrogen and oxygen atoms in total. The summed E-state index contributed by atoms with van der Waals surface area (Å²) in [5.41, 5.74) is 8.41. The maximum absolute atomic E-state index is 12.4. The van der Waals surface area contributed by atoms with E-state index >= 15 is 0 Å². The second-order valence-electron chi connectivity index (χ2n) is 3.45. The number of nitrogens with two attached hydrogens (primary N) is 1. The molecule has 0 spiro atoms. The predicted octanol–water partition coefficient (Wildman–Crippen LogP) is 2.28. The summed E-state index contributed by atoms with van der Waals surface area (Å²) in [4.78, 5) is 0. The van der Waals surface area contributed by atoms with Gasteiger partial charge in [-0.15, -0.1) is 0 Å². The first-order valence-electron chi connectivity index (χ1n) is 4.56. The number of alkyl halides is 1. The summed E-state index contributed by atoms with van der Waals surface area (Å²) in [6, 6.07) is 3.21. The molecule has 0 amide bonds. The van der Waals surface area contributed by atoms with Crippen LogP contribution in [0, 0.1) is 13.8 Å². The van der Waals surface area contributed by atoms with Gasteiger partial charge in [0.15, 0.2) is 0 Å². The van der Waals surface area contributed by atoms with Gasteiger partial charge in [0.2, 0.25) is 0 Å². The van der Waals surface area contributed by atoms with Crippen LogP contribution in [0.25, 0.3) is 0 Å². The number of halogens is 1. The maximum Gasteiger partial charge on any atom is 0.124 e. The van der Waals surface area contributed by atoms with Gasteiger partial charge in [-0.1, -0.05) is 12.1 Å². The minimum atomic E-state index is -0.536. The van der Waals surface area contributed by atoms with Crippen molar-refractivity contribution >= 4 is 0 Å². The SMILES string of the molecule is COc1c(C)cc([C@@H](N)CF)cc1C.